The zero-order chi connectivity index (χ0) is 15.9. The summed E-state index contributed by atoms with van der Waals surface area (Å²) in [5, 5.41) is 3.49. The maximum atomic E-state index is 5.18. The van der Waals surface area contributed by atoms with Crippen LogP contribution in [0.2, 0.25) is 0 Å². The van der Waals surface area contributed by atoms with Gasteiger partial charge in [-0.3, -0.25) is 0 Å². The fraction of sp³-hybridized carbons (Fsp3) is 0.389. The molecule has 0 radical (unpaired) electrons. The first kappa shape index (κ1) is 16.1. The molecule has 1 saturated heterocycles. The lowest BCUT2D eigenvalue weighted by Gasteiger charge is -2.27. The Balaban J connectivity index is 1.53. The van der Waals surface area contributed by atoms with E-state index in [1.54, 1.807) is 7.11 Å². The molecule has 0 aliphatic carbocycles. The Hall–Kier alpha value is -1.72. The molecule has 4 nitrogen and oxygen atoms in total. The van der Waals surface area contributed by atoms with Gasteiger partial charge in [0.2, 0.25) is 0 Å². The highest BCUT2D eigenvalue weighted by molar-refractivity contribution is 7.99. The summed E-state index contributed by atoms with van der Waals surface area (Å²) < 4.78 is 5.18. The molecule has 3 rings (SSSR count). The third kappa shape index (κ3) is 4.62. The van der Waals surface area contributed by atoms with Crippen molar-refractivity contribution in [2.24, 2.45) is 0 Å². The molecule has 2 heterocycles. The van der Waals surface area contributed by atoms with Gasteiger partial charge in [0, 0.05) is 43.9 Å². The van der Waals surface area contributed by atoms with Crippen LogP contribution in [-0.4, -0.2) is 36.7 Å². The number of methoxy groups -OCH3 is 1. The topological polar surface area (TPSA) is 37.4 Å². The standard InChI is InChI=1S/C18H23N3OS/c1-22-17-4-2-15(3-5-17)13-19-14-16-6-7-20-18(12-16)21-8-10-23-11-9-21/h2-7,12,19H,8-11,13-14H2,1H3. The number of ether oxygens (including phenoxy) is 1. The minimum Gasteiger partial charge on any atom is -0.497 e. The molecule has 1 fully saturated rings. The van der Waals surface area contributed by atoms with Crippen molar-refractivity contribution in [3.05, 3.63) is 53.7 Å². The number of nitrogens with one attached hydrogen (secondary N) is 1. The van der Waals surface area contributed by atoms with Gasteiger partial charge in [-0.05, 0) is 35.4 Å². The van der Waals surface area contributed by atoms with Crippen LogP contribution >= 0.6 is 11.8 Å². The van der Waals surface area contributed by atoms with Crippen LogP contribution < -0.4 is 15.0 Å². The second kappa shape index (κ2) is 8.22. The second-order valence-corrected chi connectivity index (χ2v) is 6.80. The molecular weight excluding hydrogens is 306 g/mol. The first-order valence-electron chi connectivity index (χ1n) is 7.96. The summed E-state index contributed by atoms with van der Waals surface area (Å²) in [5.74, 6) is 4.39. The Morgan fingerprint density at radius 2 is 1.83 bits per heavy atom. The van der Waals surface area contributed by atoms with Gasteiger partial charge in [0.15, 0.2) is 0 Å². The zero-order valence-electron chi connectivity index (χ0n) is 13.5. The molecule has 0 amide bonds. The van der Waals surface area contributed by atoms with Crippen LogP contribution in [-0.2, 0) is 13.1 Å². The Kier molecular flexibility index (Phi) is 5.77. The zero-order valence-corrected chi connectivity index (χ0v) is 14.3. The van der Waals surface area contributed by atoms with E-state index in [2.05, 4.69) is 39.5 Å². The van der Waals surface area contributed by atoms with Gasteiger partial charge in [0.25, 0.3) is 0 Å². The predicted molar refractivity (Wildman–Crippen MR) is 97.3 cm³/mol. The van der Waals surface area contributed by atoms with Crippen molar-refractivity contribution in [1.29, 1.82) is 0 Å². The largest absolute Gasteiger partial charge is 0.497 e. The van der Waals surface area contributed by atoms with E-state index in [4.69, 9.17) is 4.74 Å². The van der Waals surface area contributed by atoms with Gasteiger partial charge in [-0.2, -0.15) is 11.8 Å². The van der Waals surface area contributed by atoms with Gasteiger partial charge in [-0.15, -0.1) is 0 Å². The molecule has 0 spiro atoms. The summed E-state index contributed by atoms with van der Waals surface area (Å²) in [5.41, 5.74) is 2.54. The van der Waals surface area contributed by atoms with E-state index in [-0.39, 0.29) is 0 Å². The van der Waals surface area contributed by atoms with Gasteiger partial charge < -0.3 is 15.0 Å². The highest BCUT2D eigenvalue weighted by Crippen LogP contribution is 2.18. The highest BCUT2D eigenvalue weighted by Gasteiger charge is 2.12. The number of benzene rings is 1. The lowest BCUT2D eigenvalue weighted by atomic mass is 10.2. The van der Waals surface area contributed by atoms with E-state index in [0.717, 1.165) is 37.7 Å². The second-order valence-electron chi connectivity index (χ2n) is 5.57. The van der Waals surface area contributed by atoms with Crippen LogP contribution in [0.15, 0.2) is 42.6 Å². The lowest BCUT2D eigenvalue weighted by Crippen LogP contribution is -2.33. The molecule has 1 aromatic carbocycles. The predicted octanol–water partition coefficient (Wildman–Crippen LogP) is 2.93. The summed E-state index contributed by atoms with van der Waals surface area (Å²) >= 11 is 2.02. The fourth-order valence-corrected chi connectivity index (χ4v) is 3.53. The van der Waals surface area contributed by atoms with E-state index in [1.807, 2.05) is 30.1 Å². The first-order valence-corrected chi connectivity index (χ1v) is 9.12. The average Bonchev–Trinajstić information content (AvgIpc) is 2.63. The number of aromatic nitrogens is 1. The van der Waals surface area contributed by atoms with Gasteiger partial charge >= 0.3 is 0 Å². The van der Waals surface area contributed by atoms with E-state index < -0.39 is 0 Å². The van der Waals surface area contributed by atoms with Crippen LogP contribution in [0.3, 0.4) is 0 Å². The van der Waals surface area contributed by atoms with E-state index >= 15 is 0 Å². The van der Waals surface area contributed by atoms with E-state index in [0.29, 0.717) is 0 Å². The van der Waals surface area contributed by atoms with Gasteiger partial charge in [-0.25, -0.2) is 4.98 Å². The molecule has 23 heavy (non-hydrogen) atoms. The van der Waals surface area contributed by atoms with Gasteiger partial charge in [0.05, 0.1) is 7.11 Å². The minimum absolute atomic E-state index is 0.849. The minimum atomic E-state index is 0.849. The molecule has 1 aromatic heterocycles. The fourth-order valence-electron chi connectivity index (χ4n) is 2.63. The summed E-state index contributed by atoms with van der Waals surface area (Å²) in [6, 6.07) is 12.5. The molecule has 0 saturated carbocycles. The third-order valence-electron chi connectivity index (χ3n) is 3.96. The Bertz CT molecular complexity index is 612. The Morgan fingerprint density at radius 1 is 1.09 bits per heavy atom. The van der Waals surface area contributed by atoms with Crippen molar-refractivity contribution in [2.75, 3.05) is 36.6 Å². The van der Waals surface area contributed by atoms with Gasteiger partial charge in [-0.1, -0.05) is 12.1 Å². The SMILES string of the molecule is COc1ccc(CNCc2ccnc(N3CCSCC3)c2)cc1. The number of thioether (sulfide) groups is 1. The summed E-state index contributed by atoms with van der Waals surface area (Å²) in [6.45, 7) is 3.90. The van der Waals surface area contributed by atoms with E-state index in [1.165, 1.54) is 22.6 Å². The number of anilines is 1. The van der Waals surface area contributed by atoms with Crippen LogP contribution in [0, 0.1) is 0 Å². The molecule has 0 atom stereocenters. The quantitative estimate of drug-likeness (QED) is 0.882. The molecule has 1 aliphatic rings. The third-order valence-corrected chi connectivity index (χ3v) is 4.90. The summed E-state index contributed by atoms with van der Waals surface area (Å²) in [4.78, 5) is 6.90. The number of rotatable bonds is 6. The van der Waals surface area contributed by atoms with Gasteiger partial charge in [0.1, 0.15) is 11.6 Å². The van der Waals surface area contributed by atoms with Crippen molar-refractivity contribution in [2.45, 2.75) is 13.1 Å². The number of pyridine rings is 1. The van der Waals surface area contributed by atoms with Crippen LogP contribution in [0.25, 0.3) is 0 Å². The number of nitrogens with zero attached hydrogens (tertiary/aromatic N) is 2. The van der Waals surface area contributed by atoms with Crippen molar-refractivity contribution >= 4 is 17.6 Å². The molecule has 0 unspecified atom stereocenters. The molecule has 1 N–H and O–H groups in total. The lowest BCUT2D eigenvalue weighted by molar-refractivity contribution is 0.414. The normalized spacial score (nSPS) is 14.7. The van der Waals surface area contributed by atoms with Crippen molar-refractivity contribution in [1.82, 2.24) is 10.3 Å². The number of hydrogen-bond acceptors (Lipinski definition) is 5. The van der Waals surface area contributed by atoms with Crippen molar-refractivity contribution in [3.8, 4) is 5.75 Å². The summed E-state index contributed by atoms with van der Waals surface area (Å²) in [6.07, 6.45) is 1.92. The first-order chi connectivity index (χ1) is 11.3. The van der Waals surface area contributed by atoms with Crippen LogP contribution in [0.1, 0.15) is 11.1 Å². The van der Waals surface area contributed by atoms with Crippen LogP contribution in [0.5, 0.6) is 5.75 Å². The monoisotopic (exact) mass is 329 g/mol. The molecule has 5 heteroatoms. The van der Waals surface area contributed by atoms with Crippen molar-refractivity contribution in [3.63, 3.8) is 0 Å². The Labute approximate surface area is 142 Å². The molecule has 0 bridgehead atoms. The molecule has 1 aliphatic heterocycles. The molecule has 2 aromatic rings. The molecular formula is C18H23N3OS. The number of hydrogen-bond donors (Lipinski definition) is 1. The average molecular weight is 329 g/mol. The highest BCUT2D eigenvalue weighted by atomic mass is 32.2. The van der Waals surface area contributed by atoms with E-state index in [9.17, 15) is 0 Å². The maximum absolute atomic E-state index is 5.18. The van der Waals surface area contributed by atoms with Crippen LogP contribution in [0.4, 0.5) is 5.82 Å². The summed E-state index contributed by atoms with van der Waals surface area (Å²) in [7, 11) is 1.69. The van der Waals surface area contributed by atoms with Crippen molar-refractivity contribution < 1.29 is 4.74 Å². The molecule has 122 valence electrons. The maximum Gasteiger partial charge on any atom is 0.128 e. The smallest absolute Gasteiger partial charge is 0.128 e. The Morgan fingerprint density at radius 3 is 2.57 bits per heavy atom.